The van der Waals surface area contributed by atoms with Crippen LogP contribution in [0.3, 0.4) is 0 Å². The standard InChI is InChI=1S/C14H21FN2O/c1-18-14-4-2-3-12(13(14)11-15)5-8-17-9-6-16-7-10-17/h2-4,16H,5-11H2,1H3. The topological polar surface area (TPSA) is 24.5 Å². The van der Waals surface area contributed by atoms with Crippen molar-refractivity contribution in [2.75, 3.05) is 39.8 Å². The van der Waals surface area contributed by atoms with Gasteiger partial charge in [-0.05, 0) is 18.1 Å². The molecular weight excluding hydrogens is 231 g/mol. The first-order valence-corrected chi connectivity index (χ1v) is 6.49. The molecule has 2 rings (SSSR count). The van der Waals surface area contributed by atoms with E-state index < -0.39 is 6.67 Å². The van der Waals surface area contributed by atoms with E-state index in [9.17, 15) is 4.39 Å². The molecule has 0 aromatic heterocycles. The molecule has 0 spiro atoms. The van der Waals surface area contributed by atoms with Crippen molar-refractivity contribution in [2.45, 2.75) is 13.1 Å². The lowest BCUT2D eigenvalue weighted by atomic mass is 10.0. The van der Waals surface area contributed by atoms with Gasteiger partial charge >= 0.3 is 0 Å². The number of halogens is 1. The first kappa shape index (κ1) is 13.3. The molecule has 1 heterocycles. The van der Waals surface area contributed by atoms with Gasteiger partial charge in [0.25, 0.3) is 0 Å². The summed E-state index contributed by atoms with van der Waals surface area (Å²) >= 11 is 0. The van der Waals surface area contributed by atoms with Crippen LogP contribution in [-0.4, -0.2) is 44.7 Å². The van der Waals surface area contributed by atoms with Crippen molar-refractivity contribution in [3.05, 3.63) is 29.3 Å². The van der Waals surface area contributed by atoms with Crippen molar-refractivity contribution in [2.24, 2.45) is 0 Å². The van der Waals surface area contributed by atoms with E-state index in [-0.39, 0.29) is 0 Å². The van der Waals surface area contributed by atoms with Crippen molar-refractivity contribution in [1.82, 2.24) is 10.2 Å². The third-order valence-corrected chi connectivity index (χ3v) is 3.49. The van der Waals surface area contributed by atoms with Crippen LogP contribution in [0.4, 0.5) is 4.39 Å². The van der Waals surface area contributed by atoms with Crippen molar-refractivity contribution in [1.29, 1.82) is 0 Å². The summed E-state index contributed by atoms with van der Waals surface area (Å²) < 4.78 is 18.3. The first-order chi connectivity index (χ1) is 8.85. The lowest BCUT2D eigenvalue weighted by Crippen LogP contribution is -2.44. The SMILES string of the molecule is COc1cccc(CCN2CCNCC2)c1CF. The van der Waals surface area contributed by atoms with Crippen LogP contribution in [0.1, 0.15) is 11.1 Å². The number of methoxy groups -OCH3 is 1. The minimum atomic E-state index is -0.457. The second-order valence-electron chi connectivity index (χ2n) is 4.57. The Kier molecular flexibility index (Phi) is 4.96. The smallest absolute Gasteiger partial charge is 0.124 e. The number of ether oxygens (including phenoxy) is 1. The normalized spacial score (nSPS) is 16.8. The molecule has 4 heteroatoms. The predicted molar refractivity (Wildman–Crippen MR) is 70.8 cm³/mol. The zero-order valence-corrected chi connectivity index (χ0v) is 10.9. The second kappa shape index (κ2) is 6.71. The molecule has 1 N–H and O–H groups in total. The van der Waals surface area contributed by atoms with Gasteiger partial charge < -0.3 is 15.0 Å². The highest BCUT2D eigenvalue weighted by Crippen LogP contribution is 2.23. The van der Waals surface area contributed by atoms with E-state index in [1.807, 2.05) is 18.2 Å². The molecule has 0 bridgehead atoms. The van der Waals surface area contributed by atoms with Crippen LogP contribution >= 0.6 is 0 Å². The molecule has 1 aliphatic heterocycles. The van der Waals surface area contributed by atoms with Gasteiger partial charge in [-0.25, -0.2) is 4.39 Å². The summed E-state index contributed by atoms with van der Waals surface area (Å²) in [6, 6.07) is 5.76. The number of piperazine rings is 1. The van der Waals surface area contributed by atoms with E-state index in [1.165, 1.54) is 0 Å². The summed E-state index contributed by atoms with van der Waals surface area (Å²) in [5.74, 6) is 0.662. The number of hydrogen-bond donors (Lipinski definition) is 1. The predicted octanol–water partition coefficient (Wildman–Crippen LogP) is 1.61. The van der Waals surface area contributed by atoms with Crippen LogP contribution in [-0.2, 0) is 13.1 Å². The van der Waals surface area contributed by atoms with Crippen molar-refractivity contribution in [3.8, 4) is 5.75 Å². The molecule has 1 aromatic carbocycles. The summed E-state index contributed by atoms with van der Waals surface area (Å²) in [5, 5.41) is 3.33. The molecule has 1 saturated heterocycles. The molecule has 0 amide bonds. The van der Waals surface area contributed by atoms with E-state index >= 15 is 0 Å². The van der Waals surface area contributed by atoms with Crippen LogP contribution in [0.15, 0.2) is 18.2 Å². The third kappa shape index (κ3) is 3.21. The summed E-state index contributed by atoms with van der Waals surface area (Å²) in [6.07, 6.45) is 0.885. The lowest BCUT2D eigenvalue weighted by molar-refractivity contribution is 0.243. The molecule has 1 fully saturated rings. The van der Waals surface area contributed by atoms with Crippen LogP contribution < -0.4 is 10.1 Å². The van der Waals surface area contributed by atoms with Crippen molar-refractivity contribution < 1.29 is 9.13 Å². The average Bonchev–Trinajstić information content (AvgIpc) is 2.45. The number of rotatable bonds is 5. The van der Waals surface area contributed by atoms with Gasteiger partial charge in [0.15, 0.2) is 0 Å². The summed E-state index contributed by atoms with van der Waals surface area (Å²) in [7, 11) is 1.59. The number of alkyl halides is 1. The Bertz CT molecular complexity index is 378. The minimum Gasteiger partial charge on any atom is -0.496 e. The summed E-state index contributed by atoms with van der Waals surface area (Å²) in [4.78, 5) is 2.41. The average molecular weight is 252 g/mol. The van der Waals surface area contributed by atoms with Gasteiger partial charge in [-0.1, -0.05) is 12.1 Å². The van der Waals surface area contributed by atoms with E-state index in [4.69, 9.17) is 4.74 Å². The van der Waals surface area contributed by atoms with Gasteiger partial charge in [-0.3, -0.25) is 0 Å². The van der Waals surface area contributed by atoms with E-state index in [0.29, 0.717) is 11.3 Å². The monoisotopic (exact) mass is 252 g/mol. The van der Waals surface area contributed by atoms with E-state index in [2.05, 4.69) is 10.2 Å². The zero-order chi connectivity index (χ0) is 12.8. The molecule has 1 aromatic rings. The molecule has 0 saturated carbocycles. The lowest BCUT2D eigenvalue weighted by Gasteiger charge is -2.27. The Labute approximate surface area is 108 Å². The molecule has 0 radical (unpaired) electrons. The van der Waals surface area contributed by atoms with Crippen LogP contribution in [0, 0.1) is 0 Å². The molecule has 18 heavy (non-hydrogen) atoms. The van der Waals surface area contributed by atoms with Gasteiger partial charge in [0, 0.05) is 38.3 Å². The minimum absolute atomic E-state index is 0.457. The summed E-state index contributed by atoms with van der Waals surface area (Å²) in [6.45, 7) is 4.79. The fourth-order valence-corrected chi connectivity index (χ4v) is 2.40. The molecule has 100 valence electrons. The Morgan fingerprint density at radius 2 is 2.11 bits per heavy atom. The maximum atomic E-state index is 13.1. The van der Waals surface area contributed by atoms with E-state index in [0.717, 1.165) is 44.7 Å². The molecule has 0 aliphatic carbocycles. The van der Waals surface area contributed by atoms with Crippen LogP contribution in [0.25, 0.3) is 0 Å². The quantitative estimate of drug-likeness (QED) is 0.861. The Hall–Kier alpha value is -1.13. The van der Waals surface area contributed by atoms with Gasteiger partial charge in [-0.2, -0.15) is 0 Å². The fraction of sp³-hybridized carbons (Fsp3) is 0.571. The van der Waals surface area contributed by atoms with Crippen molar-refractivity contribution >= 4 is 0 Å². The van der Waals surface area contributed by atoms with E-state index in [1.54, 1.807) is 7.11 Å². The highest BCUT2D eigenvalue weighted by atomic mass is 19.1. The maximum absolute atomic E-state index is 13.1. The van der Waals surface area contributed by atoms with Crippen LogP contribution in [0.5, 0.6) is 5.75 Å². The fourth-order valence-electron chi connectivity index (χ4n) is 2.40. The van der Waals surface area contributed by atoms with Gasteiger partial charge in [-0.15, -0.1) is 0 Å². The largest absolute Gasteiger partial charge is 0.496 e. The molecule has 3 nitrogen and oxygen atoms in total. The number of nitrogens with zero attached hydrogens (tertiary/aromatic N) is 1. The molecular formula is C14H21FN2O. The van der Waals surface area contributed by atoms with Crippen molar-refractivity contribution in [3.63, 3.8) is 0 Å². The Morgan fingerprint density at radius 1 is 1.33 bits per heavy atom. The van der Waals surface area contributed by atoms with Gasteiger partial charge in [0.05, 0.1) is 7.11 Å². The Morgan fingerprint density at radius 3 is 2.78 bits per heavy atom. The van der Waals surface area contributed by atoms with Crippen LogP contribution in [0.2, 0.25) is 0 Å². The molecule has 0 unspecified atom stereocenters. The first-order valence-electron chi connectivity index (χ1n) is 6.49. The number of benzene rings is 1. The third-order valence-electron chi connectivity index (χ3n) is 3.49. The highest BCUT2D eigenvalue weighted by Gasteiger charge is 2.12. The van der Waals surface area contributed by atoms with Gasteiger partial charge in [0.1, 0.15) is 12.4 Å². The molecule has 1 aliphatic rings. The number of hydrogen-bond acceptors (Lipinski definition) is 3. The number of nitrogens with one attached hydrogen (secondary N) is 1. The maximum Gasteiger partial charge on any atom is 0.124 e. The van der Waals surface area contributed by atoms with Gasteiger partial charge in [0.2, 0.25) is 0 Å². The Balaban J connectivity index is 1.99. The highest BCUT2D eigenvalue weighted by molar-refractivity contribution is 5.40. The molecule has 0 atom stereocenters. The second-order valence-corrected chi connectivity index (χ2v) is 4.57. The zero-order valence-electron chi connectivity index (χ0n) is 10.9. The summed E-state index contributed by atoms with van der Waals surface area (Å²) in [5.41, 5.74) is 1.77.